The number of hydrogen-bond acceptors (Lipinski definition) is 3. The molecule has 0 saturated heterocycles. The third-order valence-corrected chi connectivity index (χ3v) is 5.81. The summed E-state index contributed by atoms with van der Waals surface area (Å²) in [4.78, 5) is 26.5. The molecule has 5 heteroatoms. The fraction of sp³-hybridized carbons (Fsp3) is 0.333. The highest BCUT2D eigenvalue weighted by molar-refractivity contribution is 7.99. The van der Waals surface area contributed by atoms with Crippen molar-refractivity contribution in [2.75, 3.05) is 22.5 Å². The second kappa shape index (κ2) is 7.54. The first-order valence-corrected chi connectivity index (χ1v) is 10.2. The number of anilines is 2. The lowest BCUT2D eigenvalue weighted by atomic mass is 10.1. The molecule has 2 aliphatic rings. The minimum Gasteiger partial charge on any atom is -0.325 e. The topological polar surface area (TPSA) is 49.4 Å². The molecule has 134 valence electrons. The van der Waals surface area contributed by atoms with Gasteiger partial charge in [0.15, 0.2) is 0 Å². The lowest BCUT2D eigenvalue weighted by Gasteiger charge is -2.18. The first-order valence-electron chi connectivity index (χ1n) is 9.06. The number of amides is 2. The third-order valence-electron chi connectivity index (χ3n) is 4.80. The smallest absolute Gasteiger partial charge is 0.234 e. The van der Waals surface area contributed by atoms with Crippen LogP contribution in [0, 0.1) is 5.92 Å². The first-order chi connectivity index (χ1) is 12.7. The van der Waals surface area contributed by atoms with E-state index in [0.29, 0.717) is 5.75 Å². The highest BCUT2D eigenvalue weighted by Gasteiger charge is 2.36. The van der Waals surface area contributed by atoms with E-state index in [1.807, 2.05) is 41.3 Å². The number of fused-ring (bicyclic) bond motifs is 1. The van der Waals surface area contributed by atoms with Crippen LogP contribution >= 0.6 is 11.8 Å². The molecular weight excluding hydrogens is 344 g/mol. The van der Waals surface area contributed by atoms with Gasteiger partial charge in [-0.2, -0.15) is 0 Å². The maximum Gasteiger partial charge on any atom is 0.234 e. The summed E-state index contributed by atoms with van der Waals surface area (Å²) >= 11 is 1.60. The van der Waals surface area contributed by atoms with E-state index in [1.54, 1.807) is 11.8 Å². The van der Waals surface area contributed by atoms with Crippen LogP contribution in [-0.4, -0.2) is 24.1 Å². The molecule has 2 aromatic carbocycles. The van der Waals surface area contributed by atoms with Crippen LogP contribution in [0.4, 0.5) is 11.4 Å². The van der Waals surface area contributed by atoms with Gasteiger partial charge >= 0.3 is 0 Å². The maximum absolute atomic E-state index is 12.4. The number of rotatable bonds is 6. The Morgan fingerprint density at radius 1 is 1.12 bits per heavy atom. The predicted molar refractivity (Wildman–Crippen MR) is 106 cm³/mol. The Labute approximate surface area is 158 Å². The molecule has 2 amide bonds. The van der Waals surface area contributed by atoms with Crippen LogP contribution in [0.1, 0.15) is 24.0 Å². The SMILES string of the molecule is O=C(CSCc1ccccc1)Nc1ccc2c(c1)N(C(=O)C1CC1)CC2. The van der Waals surface area contributed by atoms with E-state index in [0.717, 1.165) is 42.9 Å². The van der Waals surface area contributed by atoms with Crippen molar-refractivity contribution in [3.63, 3.8) is 0 Å². The summed E-state index contributed by atoms with van der Waals surface area (Å²) in [5.41, 5.74) is 4.15. The average molecular weight is 366 g/mol. The fourth-order valence-corrected chi connectivity index (χ4v) is 4.06. The summed E-state index contributed by atoms with van der Waals surface area (Å²) in [5.74, 6) is 1.68. The van der Waals surface area contributed by atoms with Crippen LogP contribution < -0.4 is 10.2 Å². The van der Waals surface area contributed by atoms with Gasteiger partial charge in [0.2, 0.25) is 11.8 Å². The Morgan fingerprint density at radius 3 is 2.69 bits per heavy atom. The number of nitrogens with zero attached hydrogens (tertiary/aromatic N) is 1. The number of carbonyl (C=O) groups is 2. The number of hydrogen-bond donors (Lipinski definition) is 1. The van der Waals surface area contributed by atoms with Crippen molar-refractivity contribution in [3.05, 3.63) is 59.7 Å². The van der Waals surface area contributed by atoms with Crippen molar-refractivity contribution in [1.82, 2.24) is 0 Å². The Kier molecular flexibility index (Phi) is 4.98. The van der Waals surface area contributed by atoms with Gasteiger partial charge in [0.25, 0.3) is 0 Å². The molecule has 0 atom stereocenters. The van der Waals surface area contributed by atoms with Gasteiger partial charge in [-0.3, -0.25) is 9.59 Å². The third kappa shape index (κ3) is 3.93. The molecule has 0 radical (unpaired) electrons. The van der Waals surface area contributed by atoms with Crippen LogP contribution in [0.15, 0.2) is 48.5 Å². The molecule has 1 N–H and O–H groups in total. The minimum atomic E-state index is -0.0102. The molecular formula is C21H22N2O2S. The van der Waals surface area contributed by atoms with Gasteiger partial charge in [0.1, 0.15) is 0 Å². The second-order valence-corrected chi connectivity index (χ2v) is 7.87. The van der Waals surface area contributed by atoms with E-state index >= 15 is 0 Å². The molecule has 0 unspecified atom stereocenters. The van der Waals surface area contributed by atoms with Gasteiger partial charge < -0.3 is 10.2 Å². The fourth-order valence-electron chi connectivity index (χ4n) is 3.27. The van der Waals surface area contributed by atoms with E-state index in [4.69, 9.17) is 0 Å². The second-order valence-electron chi connectivity index (χ2n) is 6.88. The highest BCUT2D eigenvalue weighted by Crippen LogP contribution is 2.37. The lowest BCUT2D eigenvalue weighted by molar-refractivity contribution is -0.119. The van der Waals surface area contributed by atoms with E-state index in [-0.39, 0.29) is 17.7 Å². The predicted octanol–water partition coefficient (Wildman–Crippen LogP) is 3.86. The van der Waals surface area contributed by atoms with E-state index in [1.165, 1.54) is 11.1 Å². The molecule has 1 saturated carbocycles. The van der Waals surface area contributed by atoms with Crippen LogP contribution in [0.25, 0.3) is 0 Å². The largest absolute Gasteiger partial charge is 0.325 e. The number of carbonyl (C=O) groups excluding carboxylic acids is 2. The van der Waals surface area contributed by atoms with Crippen LogP contribution in [-0.2, 0) is 21.8 Å². The quantitative estimate of drug-likeness (QED) is 0.845. The summed E-state index contributed by atoms with van der Waals surface area (Å²) in [6, 6.07) is 16.1. The van der Waals surface area contributed by atoms with Crippen LogP contribution in [0.5, 0.6) is 0 Å². The lowest BCUT2D eigenvalue weighted by Crippen LogP contribution is -2.30. The minimum absolute atomic E-state index is 0.0102. The number of thioether (sulfide) groups is 1. The zero-order valence-electron chi connectivity index (χ0n) is 14.6. The van der Waals surface area contributed by atoms with Crippen LogP contribution in [0.3, 0.4) is 0 Å². The molecule has 1 heterocycles. The molecule has 26 heavy (non-hydrogen) atoms. The molecule has 4 rings (SSSR count). The summed E-state index contributed by atoms with van der Waals surface area (Å²) in [5, 5.41) is 2.96. The van der Waals surface area contributed by atoms with Gasteiger partial charge in [-0.1, -0.05) is 36.4 Å². The summed E-state index contributed by atoms with van der Waals surface area (Å²) < 4.78 is 0. The Morgan fingerprint density at radius 2 is 1.92 bits per heavy atom. The standard InChI is InChI=1S/C21H22N2O2S/c24-20(14-26-13-15-4-2-1-3-5-15)22-18-9-8-16-10-11-23(19(16)12-18)21(25)17-6-7-17/h1-5,8-9,12,17H,6-7,10-11,13-14H2,(H,22,24). The summed E-state index contributed by atoms with van der Waals surface area (Å²) in [7, 11) is 0. The number of benzene rings is 2. The Hall–Kier alpha value is -2.27. The molecule has 1 fully saturated rings. The Bertz CT molecular complexity index is 818. The number of nitrogens with one attached hydrogen (secondary N) is 1. The average Bonchev–Trinajstić information content (AvgIpc) is 3.42. The molecule has 1 aliphatic heterocycles. The van der Waals surface area contributed by atoms with Gasteiger partial charge in [-0.25, -0.2) is 0 Å². The summed E-state index contributed by atoms with van der Waals surface area (Å²) in [6.07, 6.45) is 2.93. The Balaban J connectivity index is 1.34. The molecule has 0 aromatic heterocycles. The van der Waals surface area contributed by atoms with Crippen LogP contribution in [0.2, 0.25) is 0 Å². The zero-order valence-corrected chi connectivity index (χ0v) is 15.4. The molecule has 0 spiro atoms. The van der Waals surface area contributed by atoms with E-state index < -0.39 is 0 Å². The van der Waals surface area contributed by atoms with Gasteiger partial charge in [-0.15, -0.1) is 11.8 Å². The van der Waals surface area contributed by atoms with Crippen molar-refractivity contribution in [3.8, 4) is 0 Å². The van der Waals surface area contributed by atoms with E-state index in [2.05, 4.69) is 17.4 Å². The van der Waals surface area contributed by atoms with E-state index in [9.17, 15) is 9.59 Å². The molecule has 4 nitrogen and oxygen atoms in total. The highest BCUT2D eigenvalue weighted by atomic mass is 32.2. The van der Waals surface area contributed by atoms with Crippen molar-refractivity contribution < 1.29 is 9.59 Å². The molecule has 2 aromatic rings. The van der Waals surface area contributed by atoms with Gasteiger partial charge in [0.05, 0.1) is 5.75 Å². The van der Waals surface area contributed by atoms with Crippen molar-refractivity contribution >= 4 is 35.0 Å². The van der Waals surface area contributed by atoms with Crippen molar-refractivity contribution in [2.24, 2.45) is 5.92 Å². The maximum atomic E-state index is 12.4. The first kappa shape index (κ1) is 17.2. The van der Waals surface area contributed by atoms with Gasteiger partial charge in [0, 0.05) is 29.6 Å². The molecule has 0 bridgehead atoms. The summed E-state index contributed by atoms with van der Waals surface area (Å²) in [6.45, 7) is 0.759. The molecule has 1 aliphatic carbocycles. The normalized spacial score (nSPS) is 15.6. The zero-order chi connectivity index (χ0) is 17.9. The van der Waals surface area contributed by atoms with Gasteiger partial charge in [-0.05, 0) is 42.5 Å². The van der Waals surface area contributed by atoms with Crippen molar-refractivity contribution in [1.29, 1.82) is 0 Å². The van der Waals surface area contributed by atoms with Crippen molar-refractivity contribution in [2.45, 2.75) is 25.0 Å². The monoisotopic (exact) mass is 366 g/mol.